The molecule has 32 heavy (non-hydrogen) atoms. The average molecular weight is 429 g/mol. The normalized spacial score (nSPS) is 14.7. The van der Waals surface area contributed by atoms with Crippen LogP contribution in [0, 0.1) is 0 Å². The van der Waals surface area contributed by atoms with Gasteiger partial charge in [0.1, 0.15) is 11.5 Å². The maximum absolute atomic E-state index is 6.00. The van der Waals surface area contributed by atoms with Gasteiger partial charge in [-0.3, -0.25) is 4.99 Å². The molecule has 4 nitrogen and oxygen atoms in total. The molecule has 0 bridgehead atoms. The standard InChI is InChI=1S/C28H32N2O2/c1-4-28(2,3)23-7-13-26(14-8-23)32-27-15-9-24(10-16-27)29-21-22-5-11-25(12-6-22)30-17-19-31-20-18-30/h5-16,21H,4,17-20H2,1-3H3. The Hall–Kier alpha value is -3.11. The molecule has 0 N–H and O–H groups in total. The van der Waals surface area contributed by atoms with Crippen molar-refractivity contribution >= 4 is 17.6 Å². The smallest absolute Gasteiger partial charge is 0.127 e. The van der Waals surface area contributed by atoms with E-state index in [1.165, 1.54) is 11.3 Å². The Morgan fingerprint density at radius 3 is 2.06 bits per heavy atom. The highest BCUT2D eigenvalue weighted by molar-refractivity contribution is 5.82. The zero-order valence-electron chi connectivity index (χ0n) is 19.3. The van der Waals surface area contributed by atoms with Gasteiger partial charge in [-0.15, -0.1) is 0 Å². The molecule has 0 radical (unpaired) electrons. The summed E-state index contributed by atoms with van der Waals surface area (Å²) in [7, 11) is 0. The summed E-state index contributed by atoms with van der Waals surface area (Å²) in [6, 6.07) is 24.8. The molecule has 1 fully saturated rings. The molecule has 3 aromatic carbocycles. The summed E-state index contributed by atoms with van der Waals surface area (Å²) in [5.41, 5.74) is 4.72. The van der Waals surface area contributed by atoms with Crippen molar-refractivity contribution in [2.75, 3.05) is 31.2 Å². The quantitative estimate of drug-likeness (QED) is 0.390. The van der Waals surface area contributed by atoms with Gasteiger partial charge in [0.2, 0.25) is 0 Å². The molecule has 4 rings (SSSR count). The lowest BCUT2D eigenvalue weighted by atomic mass is 9.82. The highest BCUT2D eigenvalue weighted by atomic mass is 16.5. The molecule has 0 aromatic heterocycles. The van der Waals surface area contributed by atoms with Crippen molar-refractivity contribution in [1.29, 1.82) is 0 Å². The molecule has 0 aliphatic carbocycles. The largest absolute Gasteiger partial charge is 0.457 e. The minimum atomic E-state index is 0.182. The van der Waals surface area contributed by atoms with Crippen LogP contribution in [0.5, 0.6) is 11.5 Å². The monoisotopic (exact) mass is 428 g/mol. The van der Waals surface area contributed by atoms with Crippen LogP contribution in [0.1, 0.15) is 38.3 Å². The maximum atomic E-state index is 6.00. The van der Waals surface area contributed by atoms with E-state index in [0.29, 0.717) is 0 Å². The summed E-state index contributed by atoms with van der Waals surface area (Å²) < 4.78 is 11.4. The van der Waals surface area contributed by atoms with Gasteiger partial charge in [0, 0.05) is 25.0 Å². The Bertz CT molecular complexity index is 1020. The predicted molar refractivity (Wildman–Crippen MR) is 133 cm³/mol. The van der Waals surface area contributed by atoms with Crippen molar-refractivity contribution in [3.05, 3.63) is 83.9 Å². The molecule has 0 amide bonds. The number of rotatable bonds is 7. The number of morpholine rings is 1. The van der Waals surface area contributed by atoms with Gasteiger partial charge in [-0.05, 0) is 71.5 Å². The van der Waals surface area contributed by atoms with E-state index in [2.05, 4.69) is 67.1 Å². The van der Waals surface area contributed by atoms with E-state index in [1.54, 1.807) is 0 Å². The van der Waals surface area contributed by atoms with Crippen LogP contribution in [0.2, 0.25) is 0 Å². The minimum absolute atomic E-state index is 0.182. The van der Waals surface area contributed by atoms with Crippen LogP contribution in [0.4, 0.5) is 11.4 Å². The number of anilines is 1. The summed E-state index contributed by atoms with van der Waals surface area (Å²) in [5, 5.41) is 0. The van der Waals surface area contributed by atoms with E-state index in [9.17, 15) is 0 Å². The molecule has 1 aliphatic rings. The van der Waals surface area contributed by atoms with Crippen molar-refractivity contribution in [3.8, 4) is 11.5 Å². The van der Waals surface area contributed by atoms with Crippen LogP contribution < -0.4 is 9.64 Å². The fraction of sp³-hybridized carbons (Fsp3) is 0.321. The maximum Gasteiger partial charge on any atom is 0.127 e. The Labute approximate surface area is 191 Å². The second-order valence-electron chi connectivity index (χ2n) is 8.81. The Kier molecular flexibility index (Phi) is 6.91. The summed E-state index contributed by atoms with van der Waals surface area (Å²) in [5.74, 6) is 1.65. The number of hydrogen-bond donors (Lipinski definition) is 0. The summed E-state index contributed by atoms with van der Waals surface area (Å²) >= 11 is 0. The van der Waals surface area contributed by atoms with E-state index in [4.69, 9.17) is 9.47 Å². The first kappa shape index (κ1) is 22.1. The molecule has 0 saturated carbocycles. The van der Waals surface area contributed by atoms with Crippen molar-refractivity contribution in [1.82, 2.24) is 0 Å². The third-order valence-corrected chi connectivity index (χ3v) is 6.22. The van der Waals surface area contributed by atoms with Crippen LogP contribution in [0.3, 0.4) is 0 Å². The molecule has 166 valence electrons. The first-order valence-corrected chi connectivity index (χ1v) is 11.4. The molecular weight excluding hydrogens is 396 g/mol. The van der Waals surface area contributed by atoms with E-state index in [1.807, 2.05) is 42.6 Å². The third kappa shape index (κ3) is 5.57. The lowest BCUT2D eigenvalue weighted by molar-refractivity contribution is 0.122. The molecule has 0 atom stereocenters. The van der Waals surface area contributed by atoms with Gasteiger partial charge in [0.25, 0.3) is 0 Å². The first-order valence-electron chi connectivity index (χ1n) is 11.4. The zero-order valence-corrected chi connectivity index (χ0v) is 19.3. The van der Waals surface area contributed by atoms with Crippen LogP contribution in [0.15, 0.2) is 77.8 Å². The highest BCUT2D eigenvalue weighted by Crippen LogP contribution is 2.30. The SMILES string of the molecule is CCC(C)(C)c1ccc(Oc2ccc(N=Cc3ccc(N4CCOCC4)cc3)cc2)cc1. The first-order chi connectivity index (χ1) is 15.5. The fourth-order valence-electron chi connectivity index (χ4n) is 3.66. The minimum Gasteiger partial charge on any atom is -0.457 e. The van der Waals surface area contributed by atoms with Gasteiger partial charge in [-0.25, -0.2) is 0 Å². The van der Waals surface area contributed by atoms with Gasteiger partial charge >= 0.3 is 0 Å². The molecule has 1 heterocycles. The van der Waals surface area contributed by atoms with E-state index in [-0.39, 0.29) is 5.41 Å². The Morgan fingerprint density at radius 2 is 1.47 bits per heavy atom. The molecule has 0 spiro atoms. The lowest BCUT2D eigenvalue weighted by Gasteiger charge is -2.28. The van der Waals surface area contributed by atoms with Crippen LogP contribution in [-0.2, 0) is 10.2 Å². The summed E-state index contributed by atoms with van der Waals surface area (Å²) in [4.78, 5) is 6.95. The molecule has 0 unspecified atom stereocenters. The molecular formula is C28H32N2O2. The second-order valence-corrected chi connectivity index (χ2v) is 8.81. The summed E-state index contributed by atoms with van der Waals surface area (Å²) in [6.45, 7) is 10.2. The highest BCUT2D eigenvalue weighted by Gasteiger charge is 2.17. The topological polar surface area (TPSA) is 34.1 Å². The van der Waals surface area contributed by atoms with Crippen LogP contribution >= 0.6 is 0 Å². The number of benzene rings is 3. The average Bonchev–Trinajstić information content (AvgIpc) is 2.85. The van der Waals surface area contributed by atoms with Crippen LogP contribution in [-0.4, -0.2) is 32.5 Å². The lowest BCUT2D eigenvalue weighted by Crippen LogP contribution is -2.36. The molecule has 1 aliphatic heterocycles. The zero-order chi connectivity index (χ0) is 22.4. The molecule has 3 aromatic rings. The number of ether oxygens (including phenoxy) is 2. The number of hydrogen-bond acceptors (Lipinski definition) is 4. The van der Waals surface area contributed by atoms with Gasteiger partial charge < -0.3 is 14.4 Å². The number of aliphatic imine (C=N–C) groups is 1. The van der Waals surface area contributed by atoms with Gasteiger partial charge in [0.05, 0.1) is 18.9 Å². The molecule has 4 heteroatoms. The van der Waals surface area contributed by atoms with E-state index in [0.717, 1.165) is 55.5 Å². The van der Waals surface area contributed by atoms with Gasteiger partial charge in [-0.2, -0.15) is 0 Å². The van der Waals surface area contributed by atoms with E-state index < -0.39 is 0 Å². The van der Waals surface area contributed by atoms with E-state index >= 15 is 0 Å². The Morgan fingerprint density at radius 1 is 0.875 bits per heavy atom. The number of nitrogens with zero attached hydrogens (tertiary/aromatic N) is 2. The van der Waals surface area contributed by atoms with Crippen molar-refractivity contribution in [2.24, 2.45) is 4.99 Å². The van der Waals surface area contributed by atoms with Crippen molar-refractivity contribution in [3.63, 3.8) is 0 Å². The van der Waals surface area contributed by atoms with Crippen molar-refractivity contribution < 1.29 is 9.47 Å². The Balaban J connectivity index is 1.35. The fourth-order valence-corrected chi connectivity index (χ4v) is 3.66. The predicted octanol–water partition coefficient (Wildman–Crippen LogP) is 6.75. The second kappa shape index (κ2) is 10.0. The molecule has 1 saturated heterocycles. The van der Waals surface area contributed by atoms with Crippen LogP contribution in [0.25, 0.3) is 0 Å². The van der Waals surface area contributed by atoms with Gasteiger partial charge in [-0.1, -0.05) is 45.0 Å². The third-order valence-electron chi connectivity index (χ3n) is 6.22. The van der Waals surface area contributed by atoms with Gasteiger partial charge in [0.15, 0.2) is 0 Å². The summed E-state index contributed by atoms with van der Waals surface area (Å²) in [6.07, 6.45) is 3.00. The van der Waals surface area contributed by atoms with Crippen molar-refractivity contribution in [2.45, 2.75) is 32.6 Å².